The smallest absolute Gasteiger partial charge is 0.251 e. The predicted molar refractivity (Wildman–Crippen MR) is 104 cm³/mol. The summed E-state index contributed by atoms with van der Waals surface area (Å²) >= 11 is 0. The van der Waals surface area contributed by atoms with E-state index in [0.29, 0.717) is 17.1 Å². The van der Waals surface area contributed by atoms with Crippen LogP contribution in [0.25, 0.3) is 0 Å². The normalized spacial score (nSPS) is 40.9. The number of rotatable bonds is 4. The molecule has 1 saturated carbocycles. The zero-order valence-corrected chi connectivity index (χ0v) is 17.8. The van der Waals surface area contributed by atoms with Crippen molar-refractivity contribution in [2.24, 2.45) is 11.8 Å². The fourth-order valence-corrected chi connectivity index (χ4v) is 4.90. The lowest BCUT2D eigenvalue weighted by Crippen LogP contribution is -2.67. The average Bonchev–Trinajstić information content (AvgIpc) is 3.42. The summed E-state index contributed by atoms with van der Waals surface area (Å²) in [5.41, 5.74) is 0.581. The second kappa shape index (κ2) is 7.28. The van der Waals surface area contributed by atoms with E-state index in [0.717, 1.165) is 0 Å². The first-order chi connectivity index (χ1) is 14.7. The Morgan fingerprint density at radius 3 is 2.39 bits per heavy atom. The van der Waals surface area contributed by atoms with Crippen LogP contribution in [-0.2, 0) is 18.9 Å². The molecule has 10 nitrogen and oxygen atoms in total. The highest BCUT2D eigenvalue weighted by molar-refractivity contribution is 5.46. The van der Waals surface area contributed by atoms with Crippen molar-refractivity contribution >= 4 is 0 Å². The van der Waals surface area contributed by atoms with Crippen molar-refractivity contribution in [3.8, 4) is 11.5 Å². The Labute approximate surface area is 179 Å². The van der Waals surface area contributed by atoms with Crippen molar-refractivity contribution in [2.75, 3.05) is 6.79 Å². The summed E-state index contributed by atoms with van der Waals surface area (Å²) in [6.07, 6.45) is -4.51. The Balaban J connectivity index is 1.62. The monoisotopic (exact) mass is 437 g/mol. The maximum absolute atomic E-state index is 12.3. The molecule has 2 unspecified atom stereocenters. The standard InChI is InChI=1S/C21H27NO9/c1-9(2)19-28-16-15(22(24)25)14(11-5-6-12-13(7-11)27-8-26-12)17-21(23,18(16)30-19)31-20(29-17)10(3)4/h5-7,9-10,14-20,23H,8H2,1-4H3/t14-,15-,16+,17-,18+,19?,20?,21-/m1/s1. The molecule has 1 aromatic rings. The van der Waals surface area contributed by atoms with Crippen LogP contribution < -0.4 is 9.47 Å². The minimum atomic E-state index is -1.89. The van der Waals surface area contributed by atoms with E-state index in [-0.39, 0.29) is 23.6 Å². The van der Waals surface area contributed by atoms with Gasteiger partial charge in [-0.25, -0.2) is 0 Å². The third-order valence-corrected chi connectivity index (χ3v) is 6.42. The number of fused-ring (bicyclic) bond motifs is 4. The highest BCUT2D eigenvalue weighted by Gasteiger charge is 2.72. The van der Waals surface area contributed by atoms with Gasteiger partial charge in [0.25, 0.3) is 6.04 Å². The van der Waals surface area contributed by atoms with Crippen molar-refractivity contribution in [3.05, 3.63) is 33.9 Å². The summed E-state index contributed by atoms with van der Waals surface area (Å²) in [4.78, 5) is 12.0. The fourth-order valence-electron chi connectivity index (χ4n) is 4.90. The van der Waals surface area contributed by atoms with Gasteiger partial charge in [0.05, 0.1) is 5.92 Å². The van der Waals surface area contributed by atoms with E-state index in [1.807, 2.05) is 27.7 Å². The second-order valence-corrected chi connectivity index (χ2v) is 9.22. The summed E-state index contributed by atoms with van der Waals surface area (Å²) in [6.45, 7) is 7.66. The van der Waals surface area contributed by atoms with Gasteiger partial charge in [-0.05, 0) is 17.7 Å². The minimum absolute atomic E-state index is 0.0627. The Kier molecular flexibility index (Phi) is 4.91. The van der Waals surface area contributed by atoms with E-state index in [1.54, 1.807) is 18.2 Å². The van der Waals surface area contributed by atoms with Crippen molar-refractivity contribution in [2.45, 2.75) is 76.3 Å². The highest BCUT2D eigenvalue weighted by atomic mass is 16.8. The summed E-state index contributed by atoms with van der Waals surface area (Å²) in [7, 11) is 0. The van der Waals surface area contributed by atoms with Gasteiger partial charge in [-0.2, -0.15) is 0 Å². The lowest BCUT2D eigenvalue weighted by atomic mass is 9.72. The largest absolute Gasteiger partial charge is 0.454 e. The molecule has 3 fully saturated rings. The van der Waals surface area contributed by atoms with Crippen molar-refractivity contribution in [1.82, 2.24) is 0 Å². The van der Waals surface area contributed by atoms with Crippen LogP contribution in [0.1, 0.15) is 39.2 Å². The SMILES string of the molecule is CC(C)C1O[C@H]2[C@H]([N+](=O)[O-])[C@@H](c3ccc4c(c3)OCO4)[C@H]3OC(C(C)C)O[C@@]3(O)[C@H]2O1. The van der Waals surface area contributed by atoms with Gasteiger partial charge in [-0.1, -0.05) is 33.8 Å². The summed E-state index contributed by atoms with van der Waals surface area (Å²) in [5, 5.41) is 24.0. The van der Waals surface area contributed by atoms with E-state index in [2.05, 4.69) is 0 Å². The quantitative estimate of drug-likeness (QED) is 0.557. The maximum atomic E-state index is 12.3. The van der Waals surface area contributed by atoms with Gasteiger partial charge < -0.3 is 33.5 Å². The number of nitro groups is 1. The molecule has 10 heteroatoms. The Bertz CT molecular complexity index is 876. The number of benzene rings is 1. The minimum Gasteiger partial charge on any atom is -0.454 e. The van der Waals surface area contributed by atoms with E-state index >= 15 is 0 Å². The van der Waals surface area contributed by atoms with Crippen LogP contribution in [0.3, 0.4) is 0 Å². The van der Waals surface area contributed by atoms with Crippen LogP contribution in [-0.4, -0.2) is 59.5 Å². The van der Waals surface area contributed by atoms with E-state index < -0.39 is 48.6 Å². The molecular formula is C21H27NO9. The van der Waals surface area contributed by atoms with Crippen molar-refractivity contribution < 1.29 is 38.5 Å². The number of ether oxygens (including phenoxy) is 6. The molecule has 31 heavy (non-hydrogen) atoms. The molecule has 1 N–H and O–H groups in total. The average molecular weight is 437 g/mol. The predicted octanol–water partition coefficient (Wildman–Crippen LogP) is 2.01. The third kappa shape index (κ3) is 3.12. The van der Waals surface area contributed by atoms with Crippen LogP contribution in [0, 0.1) is 22.0 Å². The van der Waals surface area contributed by atoms with E-state index in [9.17, 15) is 15.2 Å². The second-order valence-electron chi connectivity index (χ2n) is 9.22. The summed E-state index contributed by atoms with van der Waals surface area (Å²) in [5.74, 6) is -1.83. The molecule has 2 saturated heterocycles. The third-order valence-electron chi connectivity index (χ3n) is 6.42. The summed E-state index contributed by atoms with van der Waals surface area (Å²) < 4.78 is 34.9. The molecule has 4 aliphatic rings. The van der Waals surface area contributed by atoms with Gasteiger partial charge in [0.2, 0.25) is 12.6 Å². The maximum Gasteiger partial charge on any atom is 0.251 e. The van der Waals surface area contributed by atoms with E-state index in [1.165, 1.54) is 0 Å². The molecule has 170 valence electrons. The first-order valence-electron chi connectivity index (χ1n) is 10.6. The van der Waals surface area contributed by atoms with Gasteiger partial charge in [-0.15, -0.1) is 0 Å². The lowest BCUT2D eigenvalue weighted by Gasteiger charge is -2.43. The van der Waals surface area contributed by atoms with Crippen molar-refractivity contribution in [3.63, 3.8) is 0 Å². The first kappa shape index (κ1) is 20.9. The molecule has 0 bridgehead atoms. The van der Waals surface area contributed by atoms with Gasteiger partial charge in [0.1, 0.15) is 6.10 Å². The molecule has 0 aromatic heterocycles. The molecule has 5 rings (SSSR count). The molecule has 0 radical (unpaired) electrons. The lowest BCUT2D eigenvalue weighted by molar-refractivity contribution is -0.549. The number of hydrogen-bond donors (Lipinski definition) is 1. The van der Waals surface area contributed by atoms with Crippen LogP contribution in [0.5, 0.6) is 11.5 Å². The van der Waals surface area contributed by atoms with Gasteiger partial charge in [-0.3, -0.25) is 10.1 Å². The number of nitrogens with zero attached hydrogens (tertiary/aromatic N) is 1. The zero-order valence-electron chi connectivity index (χ0n) is 17.8. The fraction of sp³-hybridized carbons (Fsp3) is 0.714. The van der Waals surface area contributed by atoms with Crippen LogP contribution in [0.2, 0.25) is 0 Å². The van der Waals surface area contributed by atoms with Gasteiger partial charge in [0, 0.05) is 16.8 Å². The molecule has 3 heterocycles. The zero-order chi connectivity index (χ0) is 22.1. The Morgan fingerprint density at radius 1 is 1.03 bits per heavy atom. The van der Waals surface area contributed by atoms with Gasteiger partial charge >= 0.3 is 0 Å². The van der Waals surface area contributed by atoms with Crippen LogP contribution >= 0.6 is 0 Å². The highest BCUT2D eigenvalue weighted by Crippen LogP contribution is 2.53. The topological polar surface area (TPSA) is 119 Å². The molecule has 1 aromatic carbocycles. The Hall–Kier alpha value is -1.98. The Morgan fingerprint density at radius 2 is 1.71 bits per heavy atom. The first-order valence-corrected chi connectivity index (χ1v) is 10.6. The summed E-state index contributed by atoms with van der Waals surface area (Å²) in [6, 6.07) is 3.93. The number of aliphatic hydroxyl groups is 1. The van der Waals surface area contributed by atoms with Crippen LogP contribution in [0.15, 0.2) is 18.2 Å². The molecular weight excluding hydrogens is 410 g/mol. The molecule has 0 amide bonds. The molecule has 1 aliphatic carbocycles. The molecule has 8 atom stereocenters. The van der Waals surface area contributed by atoms with Crippen LogP contribution in [0.4, 0.5) is 0 Å². The van der Waals surface area contributed by atoms with Gasteiger partial charge in [0.15, 0.2) is 36.3 Å². The van der Waals surface area contributed by atoms with E-state index in [4.69, 9.17) is 28.4 Å². The molecule has 3 aliphatic heterocycles. The van der Waals surface area contributed by atoms with Crippen molar-refractivity contribution in [1.29, 1.82) is 0 Å². The number of hydrogen-bond acceptors (Lipinski definition) is 9. The molecule has 0 spiro atoms.